The predicted molar refractivity (Wildman–Crippen MR) is 56.7 cm³/mol. The predicted octanol–water partition coefficient (Wildman–Crippen LogP) is 2.45. The fraction of sp³-hybridized carbons (Fsp3) is 0.250. The molecule has 0 fully saturated rings. The zero-order chi connectivity index (χ0) is 8.55. The van der Waals surface area contributed by atoms with E-state index in [0.717, 1.165) is 19.8 Å². The van der Waals surface area contributed by atoms with E-state index in [1.807, 2.05) is 12.1 Å². The molecule has 0 spiro atoms. The lowest BCUT2D eigenvalue weighted by atomic mass is 10.2. The standard InChI is InChI=1S/C8H7IO2S/c9-6-2-7-5(1-8(6)12)3-10-4-11-7/h1-2,12H,3-4H2. The molecular formula is C8H7IO2S. The lowest BCUT2D eigenvalue weighted by molar-refractivity contribution is -0.0165. The monoisotopic (exact) mass is 294 g/mol. The lowest BCUT2D eigenvalue weighted by Crippen LogP contribution is -2.11. The molecular weight excluding hydrogens is 287 g/mol. The van der Waals surface area contributed by atoms with Crippen molar-refractivity contribution in [3.05, 3.63) is 21.3 Å². The summed E-state index contributed by atoms with van der Waals surface area (Å²) < 4.78 is 11.5. The molecule has 0 saturated heterocycles. The number of halogens is 1. The zero-order valence-corrected chi connectivity index (χ0v) is 9.26. The summed E-state index contributed by atoms with van der Waals surface area (Å²) in [6.45, 7) is 0.981. The van der Waals surface area contributed by atoms with E-state index in [0.29, 0.717) is 13.4 Å². The number of benzene rings is 1. The van der Waals surface area contributed by atoms with Gasteiger partial charge in [-0.3, -0.25) is 0 Å². The van der Waals surface area contributed by atoms with Crippen LogP contribution in [0.3, 0.4) is 0 Å². The first kappa shape index (κ1) is 8.65. The van der Waals surface area contributed by atoms with Crippen LogP contribution in [0.4, 0.5) is 0 Å². The normalized spacial score (nSPS) is 15.2. The summed E-state index contributed by atoms with van der Waals surface area (Å²) in [5, 5.41) is 0. The van der Waals surface area contributed by atoms with Crippen LogP contribution in [-0.4, -0.2) is 6.79 Å². The van der Waals surface area contributed by atoms with Gasteiger partial charge in [-0.2, -0.15) is 0 Å². The minimum absolute atomic E-state index is 0.356. The van der Waals surface area contributed by atoms with Crippen LogP contribution in [0.25, 0.3) is 0 Å². The number of fused-ring (bicyclic) bond motifs is 1. The van der Waals surface area contributed by atoms with Crippen LogP contribution >= 0.6 is 35.2 Å². The maximum Gasteiger partial charge on any atom is 0.189 e. The first-order valence-corrected chi connectivity index (χ1v) is 5.02. The average Bonchev–Trinajstić information content (AvgIpc) is 2.07. The van der Waals surface area contributed by atoms with Crippen LogP contribution in [0.15, 0.2) is 17.0 Å². The summed E-state index contributed by atoms with van der Waals surface area (Å²) in [6, 6.07) is 3.97. The Bertz CT molecular complexity index is 283. The van der Waals surface area contributed by atoms with E-state index in [2.05, 4.69) is 35.2 Å². The van der Waals surface area contributed by atoms with Gasteiger partial charge in [0.15, 0.2) is 6.79 Å². The van der Waals surface area contributed by atoms with Crippen molar-refractivity contribution in [1.29, 1.82) is 0 Å². The van der Waals surface area contributed by atoms with Crippen molar-refractivity contribution >= 4 is 35.2 Å². The third-order valence-electron chi connectivity index (χ3n) is 1.69. The summed E-state index contributed by atoms with van der Waals surface area (Å²) in [4.78, 5) is 0.975. The largest absolute Gasteiger partial charge is 0.467 e. The summed E-state index contributed by atoms with van der Waals surface area (Å²) >= 11 is 6.55. The van der Waals surface area contributed by atoms with E-state index in [9.17, 15) is 0 Å². The molecule has 2 nitrogen and oxygen atoms in total. The molecule has 2 rings (SSSR count). The van der Waals surface area contributed by atoms with E-state index >= 15 is 0 Å². The molecule has 1 aromatic carbocycles. The molecule has 0 N–H and O–H groups in total. The van der Waals surface area contributed by atoms with E-state index in [1.165, 1.54) is 0 Å². The molecule has 1 aliphatic heterocycles. The third-order valence-corrected chi connectivity index (χ3v) is 3.37. The van der Waals surface area contributed by atoms with Crippen LogP contribution in [-0.2, 0) is 11.3 Å². The van der Waals surface area contributed by atoms with Gasteiger partial charge in [0.25, 0.3) is 0 Å². The molecule has 1 aliphatic rings. The van der Waals surface area contributed by atoms with Gasteiger partial charge < -0.3 is 9.47 Å². The second-order valence-electron chi connectivity index (χ2n) is 2.52. The summed E-state index contributed by atoms with van der Waals surface area (Å²) in [5.74, 6) is 0.920. The van der Waals surface area contributed by atoms with E-state index in [4.69, 9.17) is 9.47 Å². The van der Waals surface area contributed by atoms with Crippen molar-refractivity contribution in [2.24, 2.45) is 0 Å². The molecule has 0 unspecified atom stereocenters. The highest BCUT2D eigenvalue weighted by molar-refractivity contribution is 14.1. The van der Waals surface area contributed by atoms with Gasteiger partial charge in [-0.1, -0.05) is 0 Å². The fourth-order valence-electron chi connectivity index (χ4n) is 1.09. The van der Waals surface area contributed by atoms with E-state index in [-0.39, 0.29) is 0 Å². The average molecular weight is 294 g/mol. The Kier molecular flexibility index (Phi) is 2.47. The number of hydrogen-bond acceptors (Lipinski definition) is 3. The molecule has 4 heteroatoms. The Hall–Kier alpha value is 0.0600. The number of rotatable bonds is 0. The maximum atomic E-state index is 5.30. The number of thiol groups is 1. The first-order valence-electron chi connectivity index (χ1n) is 3.49. The second kappa shape index (κ2) is 3.43. The second-order valence-corrected chi connectivity index (χ2v) is 4.17. The van der Waals surface area contributed by atoms with Crippen molar-refractivity contribution in [3.63, 3.8) is 0 Å². The SMILES string of the molecule is Sc1cc2c(cc1I)OCOC2. The lowest BCUT2D eigenvalue weighted by Gasteiger charge is -2.18. The van der Waals surface area contributed by atoms with E-state index < -0.39 is 0 Å². The topological polar surface area (TPSA) is 18.5 Å². The number of hydrogen-bond donors (Lipinski definition) is 1. The van der Waals surface area contributed by atoms with Crippen LogP contribution in [0.5, 0.6) is 5.75 Å². The Morgan fingerprint density at radius 1 is 1.42 bits per heavy atom. The Morgan fingerprint density at radius 2 is 2.25 bits per heavy atom. The molecule has 0 amide bonds. The van der Waals surface area contributed by atoms with Gasteiger partial charge in [0.05, 0.1) is 6.61 Å². The Balaban J connectivity index is 2.49. The molecule has 64 valence electrons. The Labute approximate surface area is 89.8 Å². The van der Waals surface area contributed by atoms with Crippen molar-refractivity contribution in [1.82, 2.24) is 0 Å². The highest BCUT2D eigenvalue weighted by Gasteiger charge is 2.11. The molecule has 0 radical (unpaired) electrons. The van der Waals surface area contributed by atoms with Gasteiger partial charge in [0.2, 0.25) is 0 Å². The minimum atomic E-state index is 0.356. The third kappa shape index (κ3) is 1.55. The van der Waals surface area contributed by atoms with Crippen molar-refractivity contribution in [2.45, 2.75) is 11.5 Å². The van der Waals surface area contributed by atoms with Gasteiger partial charge in [0.1, 0.15) is 5.75 Å². The van der Waals surface area contributed by atoms with Crippen LogP contribution in [0.2, 0.25) is 0 Å². The highest BCUT2D eigenvalue weighted by Crippen LogP contribution is 2.29. The van der Waals surface area contributed by atoms with Crippen molar-refractivity contribution < 1.29 is 9.47 Å². The zero-order valence-electron chi connectivity index (χ0n) is 6.21. The summed E-state index contributed by atoms with van der Waals surface area (Å²) in [5.41, 5.74) is 1.08. The molecule has 0 aromatic heterocycles. The summed E-state index contributed by atoms with van der Waals surface area (Å²) in [6.07, 6.45) is 0. The van der Waals surface area contributed by atoms with E-state index in [1.54, 1.807) is 0 Å². The van der Waals surface area contributed by atoms with Crippen molar-refractivity contribution in [3.8, 4) is 5.75 Å². The van der Waals surface area contributed by atoms with Crippen molar-refractivity contribution in [2.75, 3.05) is 6.79 Å². The summed E-state index contributed by atoms with van der Waals surface area (Å²) in [7, 11) is 0. The molecule has 0 aliphatic carbocycles. The molecule has 12 heavy (non-hydrogen) atoms. The van der Waals surface area contributed by atoms with Gasteiger partial charge in [-0.25, -0.2) is 0 Å². The van der Waals surface area contributed by atoms with Crippen LogP contribution < -0.4 is 4.74 Å². The number of ether oxygens (including phenoxy) is 2. The molecule has 0 saturated carbocycles. The van der Waals surface area contributed by atoms with Crippen LogP contribution in [0, 0.1) is 3.57 Å². The van der Waals surface area contributed by atoms with Crippen LogP contribution in [0.1, 0.15) is 5.56 Å². The first-order chi connectivity index (χ1) is 5.77. The van der Waals surface area contributed by atoms with Gasteiger partial charge in [0, 0.05) is 14.0 Å². The smallest absolute Gasteiger partial charge is 0.189 e. The molecule has 0 bridgehead atoms. The molecule has 1 aromatic rings. The Morgan fingerprint density at radius 3 is 3.08 bits per heavy atom. The highest BCUT2D eigenvalue weighted by atomic mass is 127. The van der Waals surface area contributed by atoms with Gasteiger partial charge in [-0.15, -0.1) is 12.6 Å². The molecule has 1 heterocycles. The van der Waals surface area contributed by atoms with Gasteiger partial charge in [-0.05, 0) is 34.7 Å². The maximum absolute atomic E-state index is 5.30. The quantitative estimate of drug-likeness (QED) is 0.585. The molecule has 0 atom stereocenters. The fourth-order valence-corrected chi connectivity index (χ4v) is 1.75. The minimum Gasteiger partial charge on any atom is -0.467 e. The van der Waals surface area contributed by atoms with Gasteiger partial charge >= 0.3 is 0 Å².